The number of halogens is 4. The van der Waals surface area contributed by atoms with E-state index in [-0.39, 0.29) is 23.9 Å². The molecule has 0 aliphatic rings. The molecule has 4 nitrogen and oxygen atoms in total. The zero-order valence-electron chi connectivity index (χ0n) is 7.97. The maximum Gasteiger partial charge on any atom is 0.389 e. The second kappa shape index (κ2) is 5.20. The smallest absolute Gasteiger partial charge is 0.389 e. The first-order valence-corrected chi connectivity index (χ1v) is 4.70. The van der Waals surface area contributed by atoms with Gasteiger partial charge >= 0.3 is 6.18 Å². The summed E-state index contributed by atoms with van der Waals surface area (Å²) < 4.78 is 40.2. The number of hydrogen-bond donors (Lipinski definition) is 1. The predicted molar refractivity (Wildman–Crippen MR) is 50.7 cm³/mol. The average molecular weight is 257 g/mol. The van der Waals surface area contributed by atoms with Gasteiger partial charge < -0.3 is 9.72 Å². The van der Waals surface area contributed by atoms with Crippen molar-refractivity contribution < 1.29 is 17.9 Å². The van der Waals surface area contributed by atoms with Gasteiger partial charge in [-0.15, -0.1) is 0 Å². The summed E-state index contributed by atoms with van der Waals surface area (Å²) in [6.45, 7) is -0.199. The number of ether oxygens (including phenoxy) is 1. The highest BCUT2D eigenvalue weighted by Crippen LogP contribution is 2.22. The number of nitrogens with zero attached hydrogens (tertiary/aromatic N) is 1. The Kier molecular flexibility index (Phi) is 4.17. The van der Waals surface area contributed by atoms with Crippen molar-refractivity contribution in [3.63, 3.8) is 0 Å². The summed E-state index contributed by atoms with van der Waals surface area (Å²) in [4.78, 5) is 16.7. The standard InChI is InChI=1S/C8H8ClF3N2O2/c9-5-6(15)13-4-14-7(5)16-3-1-2-8(10,11)12/h4H,1-3H2,(H,13,14,15). The molecular formula is C8H8ClF3N2O2. The van der Waals surface area contributed by atoms with E-state index in [1.165, 1.54) is 0 Å². The molecule has 1 rings (SSSR count). The molecule has 0 amide bonds. The number of aromatic amines is 1. The van der Waals surface area contributed by atoms with Crippen molar-refractivity contribution >= 4 is 11.6 Å². The van der Waals surface area contributed by atoms with Gasteiger partial charge in [-0.1, -0.05) is 11.6 Å². The predicted octanol–water partition coefficient (Wildman–Crippen LogP) is 2.14. The Bertz CT molecular complexity index is 405. The largest absolute Gasteiger partial charge is 0.476 e. The summed E-state index contributed by atoms with van der Waals surface area (Å²) in [7, 11) is 0. The number of hydrogen-bond acceptors (Lipinski definition) is 3. The van der Waals surface area contributed by atoms with Crippen LogP contribution in [0.4, 0.5) is 13.2 Å². The van der Waals surface area contributed by atoms with Crippen LogP contribution in [0.15, 0.2) is 11.1 Å². The summed E-state index contributed by atoms with van der Waals surface area (Å²) in [6.07, 6.45) is -4.32. The van der Waals surface area contributed by atoms with Gasteiger partial charge in [0, 0.05) is 6.42 Å². The highest BCUT2D eigenvalue weighted by molar-refractivity contribution is 6.31. The van der Waals surface area contributed by atoms with Crippen LogP contribution < -0.4 is 10.3 Å². The van der Waals surface area contributed by atoms with E-state index < -0.39 is 18.2 Å². The molecule has 0 saturated carbocycles. The van der Waals surface area contributed by atoms with Crippen molar-refractivity contribution in [2.45, 2.75) is 19.0 Å². The van der Waals surface area contributed by atoms with E-state index in [2.05, 4.69) is 9.97 Å². The second-order valence-corrected chi connectivity index (χ2v) is 3.30. The van der Waals surface area contributed by atoms with E-state index in [1.807, 2.05) is 0 Å². The Morgan fingerprint density at radius 1 is 1.50 bits per heavy atom. The molecule has 0 fully saturated rings. The third-order valence-corrected chi connectivity index (χ3v) is 1.94. The molecule has 0 unspecified atom stereocenters. The SMILES string of the molecule is O=c1[nH]cnc(OCCCC(F)(F)F)c1Cl. The van der Waals surface area contributed by atoms with Gasteiger partial charge in [0.2, 0.25) is 5.88 Å². The van der Waals surface area contributed by atoms with E-state index in [9.17, 15) is 18.0 Å². The first kappa shape index (κ1) is 12.8. The first-order valence-electron chi connectivity index (χ1n) is 4.33. The van der Waals surface area contributed by atoms with Crippen LogP contribution in [0.3, 0.4) is 0 Å². The van der Waals surface area contributed by atoms with E-state index in [0.29, 0.717) is 0 Å². The molecule has 0 aliphatic heterocycles. The zero-order valence-corrected chi connectivity index (χ0v) is 8.73. The highest BCUT2D eigenvalue weighted by Gasteiger charge is 2.26. The van der Waals surface area contributed by atoms with Crippen LogP contribution in [0.5, 0.6) is 5.88 Å². The van der Waals surface area contributed by atoms with Crippen LogP contribution in [0.25, 0.3) is 0 Å². The van der Waals surface area contributed by atoms with E-state index >= 15 is 0 Å². The number of rotatable bonds is 4. The lowest BCUT2D eigenvalue weighted by Crippen LogP contribution is -2.12. The normalized spacial score (nSPS) is 11.5. The molecule has 1 aromatic rings. The molecule has 0 bridgehead atoms. The Labute approximate surface area is 93.4 Å². The van der Waals surface area contributed by atoms with Crippen LogP contribution in [-0.4, -0.2) is 22.8 Å². The van der Waals surface area contributed by atoms with Crippen LogP contribution in [0.1, 0.15) is 12.8 Å². The summed E-state index contributed by atoms with van der Waals surface area (Å²) in [5.74, 6) is -0.160. The molecule has 0 spiro atoms. The summed E-state index contributed by atoms with van der Waals surface area (Å²) in [6, 6.07) is 0. The Hall–Kier alpha value is -1.24. The molecule has 0 aromatic carbocycles. The van der Waals surface area contributed by atoms with Crippen molar-refractivity contribution in [1.82, 2.24) is 9.97 Å². The van der Waals surface area contributed by atoms with E-state index in [0.717, 1.165) is 6.33 Å². The molecule has 16 heavy (non-hydrogen) atoms. The van der Waals surface area contributed by atoms with Gasteiger partial charge in [-0.3, -0.25) is 4.79 Å². The molecular weight excluding hydrogens is 249 g/mol. The summed E-state index contributed by atoms with van der Waals surface area (Å²) in [5.41, 5.74) is -0.595. The lowest BCUT2D eigenvalue weighted by Gasteiger charge is -2.07. The minimum Gasteiger partial charge on any atom is -0.476 e. The molecule has 1 N–H and O–H groups in total. The van der Waals surface area contributed by atoms with Crippen molar-refractivity contribution in [1.29, 1.82) is 0 Å². The molecule has 0 radical (unpaired) electrons. The minimum atomic E-state index is -4.21. The maximum absolute atomic E-state index is 11.8. The fourth-order valence-corrected chi connectivity index (χ4v) is 1.07. The fraction of sp³-hybridized carbons (Fsp3) is 0.500. The monoisotopic (exact) mass is 256 g/mol. The topological polar surface area (TPSA) is 55.0 Å². The zero-order chi connectivity index (χ0) is 12.2. The number of aromatic nitrogens is 2. The Morgan fingerprint density at radius 3 is 2.81 bits per heavy atom. The lowest BCUT2D eigenvalue weighted by atomic mass is 10.3. The minimum absolute atomic E-state index is 0.160. The average Bonchev–Trinajstić information content (AvgIpc) is 2.17. The molecule has 8 heteroatoms. The van der Waals surface area contributed by atoms with Crippen molar-refractivity contribution in [2.75, 3.05) is 6.61 Å². The van der Waals surface area contributed by atoms with Crippen molar-refractivity contribution in [3.05, 3.63) is 21.7 Å². The third-order valence-electron chi connectivity index (χ3n) is 1.61. The molecule has 0 atom stereocenters. The first-order chi connectivity index (χ1) is 7.40. The molecule has 0 saturated heterocycles. The van der Waals surface area contributed by atoms with Gasteiger partial charge in [0.15, 0.2) is 5.02 Å². The fourth-order valence-electron chi connectivity index (χ4n) is 0.909. The quantitative estimate of drug-likeness (QED) is 0.840. The van der Waals surface area contributed by atoms with Crippen LogP contribution in [0.2, 0.25) is 5.02 Å². The van der Waals surface area contributed by atoms with E-state index in [4.69, 9.17) is 16.3 Å². The van der Waals surface area contributed by atoms with Gasteiger partial charge in [-0.25, -0.2) is 4.98 Å². The van der Waals surface area contributed by atoms with Crippen molar-refractivity contribution in [2.24, 2.45) is 0 Å². The van der Waals surface area contributed by atoms with Crippen molar-refractivity contribution in [3.8, 4) is 5.88 Å². The van der Waals surface area contributed by atoms with Gasteiger partial charge in [0.05, 0.1) is 12.9 Å². The van der Waals surface area contributed by atoms with Gasteiger partial charge in [0.25, 0.3) is 5.56 Å². The second-order valence-electron chi connectivity index (χ2n) is 2.92. The Morgan fingerprint density at radius 2 is 2.19 bits per heavy atom. The lowest BCUT2D eigenvalue weighted by molar-refractivity contribution is -0.136. The maximum atomic E-state index is 11.8. The Balaban J connectivity index is 2.44. The molecule has 0 aliphatic carbocycles. The van der Waals surface area contributed by atoms with Crippen LogP contribution in [-0.2, 0) is 0 Å². The molecule has 90 valence electrons. The van der Waals surface area contributed by atoms with Gasteiger partial charge in [-0.05, 0) is 6.42 Å². The summed E-state index contributed by atoms with van der Waals surface area (Å²) >= 11 is 5.51. The third kappa shape index (κ3) is 4.09. The van der Waals surface area contributed by atoms with Crippen LogP contribution >= 0.6 is 11.6 Å². The molecule has 1 aromatic heterocycles. The number of alkyl halides is 3. The van der Waals surface area contributed by atoms with Gasteiger partial charge in [-0.2, -0.15) is 13.2 Å². The molecule has 1 heterocycles. The summed E-state index contributed by atoms with van der Waals surface area (Å²) in [5, 5.41) is -0.269. The van der Waals surface area contributed by atoms with E-state index in [1.54, 1.807) is 0 Å². The number of nitrogens with one attached hydrogen (secondary N) is 1. The number of H-pyrrole nitrogens is 1. The van der Waals surface area contributed by atoms with Gasteiger partial charge in [0.1, 0.15) is 0 Å². The highest BCUT2D eigenvalue weighted by atomic mass is 35.5. The van der Waals surface area contributed by atoms with Crippen LogP contribution in [0, 0.1) is 0 Å².